The highest BCUT2D eigenvalue weighted by atomic mass is 35.5. The number of nitrogens with one attached hydrogen (secondary N) is 1. The van der Waals surface area contributed by atoms with Gasteiger partial charge in [-0.05, 0) is 69.4 Å². The van der Waals surface area contributed by atoms with Crippen molar-refractivity contribution in [1.29, 1.82) is 5.41 Å². The van der Waals surface area contributed by atoms with Crippen LogP contribution in [0.25, 0.3) is 5.70 Å². The number of rotatable bonds is 8. The molecule has 2 heterocycles. The van der Waals surface area contributed by atoms with Gasteiger partial charge in [-0.2, -0.15) is 0 Å². The molecule has 1 saturated carbocycles. The Bertz CT molecular complexity index is 1270. The predicted molar refractivity (Wildman–Crippen MR) is 168 cm³/mol. The topological polar surface area (TPSA) is 143 Å². The molecule has 3 aliphatic rings. The molecule has 2 atom stereocenters. The van der Waals surface area contributed by atoms with E-state index in [-0.39, 0.29) is 17.9 Å². The van der Waals surface area contributed by atoms with Gasteiger partial charge in [-0.1, -0.05) is 35.9 Å². The summed E-state index contributed by atoms with van der Waals surface area (Å²) in [5, 5.41) is 8.65. The van der Waals surface area contributed by atoms with Gasteiger partial charge in [0.1, 0.15) is 0 Å². The molecule has 1 aliphatic carbocycles. The zero-order valence-corrected chi connectivity index (χ0v) is 25.1. The number of ether oxygens (including phenoxy) is 2. The van der Waals surface area contributed by atoms with Crippen molar-refractivity contribution in [3.8, 4) is 0 Å². The number of carbonyl (C=O) groups excluding carboxylic acids is 1. The fraction of sp³-hybridized carbons (Fsp3) is 0.484. The van der Waals surface area contributed by atoms with Crippen molar-refractivity contribution >= 4 is 41.1 Å². The van der Waals surface area contributed by atoms with Crippen LogP contribution in [0.4, 0.5) is 4.79 Å². The van der Waals surface area contributed by atoms with Crippen LogP contribution in [0.1, 0.15) is 51.0 Å². The van der Waals surface area contributed by atoms with Crippen molar-refractivity contribution in [3.05, 3.63) is 65.9 Å². The Morgan fingerprint density at radius 1 is 1.29 bits per heavy atom. The molecule has 0 aromatic heterocycles. The molecule has 42 heavy (non-hydrogen) atoms. The number of allylic oxidation sites excluding steroid dienone is 2. The molecule has 2 unspecified atom stereocenters. The Hall–Kier alpha value is -3.63. The van der Waals surface area contributed by atoms with Crippen molar-refractivity contribution in [3.63, 3.8) is 0 Å². The number of nitrogens with two attached hydrogens (primary N) is 2. The normalized spacial score (nSPS) is 26.0. The smallest absolute Gasteiger partial charge is 0.388 e. The number of aliphatic imine (C=N–C) groups is 2. The summed E-state index contributed by atoms with van der Waals surface area (Å²) in [6.45, 7) is 12.7. The second-order valence-electron chi connectivity index (χ2n) is 11.0. The van der Waals surface area contributed by atoms with Gasteiger partial charge in [0.2, 0.25) is 5.96 Å². The van der Waals surface area contributed by atoms with Crippen molar-refractivity contribution in [2.75, 3.05) is 26.3 Å². The van der Waals surface area contributed by atoms with E-state index in [9.17, 15) is 4.79 Å². The zero-order valence-electron chi connectivity index (χ0n) is 24.3. The summed E-state index contributed by atoms with van der Waals surface area (Å²) in [5.74, 6) is 0.974. The van der Waals surface area contributed by atoms with Crippen LogP contribution in [0.5, 0.6) is 0 Å². The van der Waals surface area contributed by atoms with Crippen molar-refractivity contribution in [2.24, 2.45) is 33.3 Å². The number of amides is 1. The Morgan fingerprint density at radius 2 is 2.05 bits per heavy atom. The first-order valence-corrected chi connectivity index (χ1v) is 14.9. The lowest BCUT2D eigenvalue weighted by atomic mass is 9.82. The third kappa shape index (κ3) is 7.60. The summed E-state index contributed by atoms with van der Waals surface area (Å²) in [6.07, 6.45) is 9.03. The molecule has 1 aromatic rings. The molecule has 1 amide bonds. The Kier molecular flexibility index (Phi) is 10.8. The standard InChI is InChI=1S/C31H42ClN7O3/c1-4-6-10-25-19-41-16-15-38(25)31-36-20(3)27(39(31)18-22-13-11-21(5-2)12-14-22)26(23-8-7-9-24(32)17-23)37-28(33)29(34)42-30(35)40/h4-5,7-9,17,20-22,25,34H,1-2,6,10-16,18-19H2,3H3,(H2,33,37)(H2,35,40)/b27-26+,34-29?. The fourth-order valence-electron chi connectivity index (χ4n) is 5.93. The maximum absolute atomic E-state index is 11.3. The lowest BCUT2D eigenvalue weighted by Gasteiger charge is -2.41. The lowest BCUT2D eigenvalue weighted by Crippen LogP contribution is -2.53. The van der Waals surface area contributed by atoms with E-state index in [1.54, 1.807) is 12.1 Å². The molecule has 5 N–H and O–H groups in total. The number of morpholine rings is 1. The quantitative estimate of drug-likeness (QED) is 0.215. The van der Waals surface area contributed by atoms with Gasteiger partial charge in [-0.3, -0.25) is 5.41 Å². The van der Waals surface area contributed by atoms with Crippen molar-refractivity contribution in [1.82, 2.24) is 9.80 Å². The first-order valence-electron chi connectivity index (χ1n) is 14.5. The first kappa shape index (κ1) is 31.3. The molecule has 0 radical (unpaired) electrons. The number of benzene rings is 1. The van der Waals surface area contributed by atoms with Crippen molar-refractivity contribution < 1.29 is 14.3 Å². The molecule has 0 spiro atoms. The van der Waals surface area contributed by atoms with Gasteiger partial charge in [-0.15, -0.1) is 13.2 Å². The van der Waals surface area contributed by atoms with Gasteiger partial charge in [0.15, 0.2) is 5.84 Å². The van der Waals surface area contributed by atoms with E-state index in [1.165, 1.54) is 0 Å². The Balaban J connectivity index is 1.82. The van der Waals surface area contributed by atoms with Gasteiger partial charge >= 0.3 is 6.09 Å². The third-order valence-electron chi connectivity index (χ3n) is 8.10. The van der Waals surface area contributed by atoms with E-state index in [0.717, 1.165) is 63.3 Å². The number of nitrogens with zero attached hydrogens (tertiary/aromatic N) is 4. The number of amidine groups is 1. The number of guanidine groups is 1. The molecule has 226 valence electrons. The molecule has 2 aliphatic heterocycles. The third-order valence-corrected chi connectivity index (χ3v) is 8.33. The van der Waals surface area contributed by atoms with Crippen molar-refractivity contribution in [2.45, 2.75) is 57.5 Å². The minimum atomic E-state index is -1.13. The first-order chi connectivity index (χ1) is 20.2. The summed E-state index contributed by atoms with van der Waals surface area (Å²) in [7, 11) is 0. The van der Waals surface area contributed by atoms with Crippen LogP contribution in [-0.4, -0.2) is 72.0 Å². The molecule has 1 saturated heterocycles. The molecule has 11 heteroatoms. The van der Waals surface area contributed by atoms with Crippen LogP contribution in [-0.2, 0) is 9.47 Å². The Morgan fingerprint density at radius 3 is 2.71 bits per heavy atom. The monoisotopic (exact) mass is 595 g/mol. The second kappa shape index (κ2) is 14.5. The van der Waals surface area contributed by atoms with Gasteiger partial charge in [0.25, 0.3) is 5.90 Å². The minimum absolute atomic E-state index is 0.154. The van der Waals surface area contributed by atoms with E-state index in [2.05, 4.69) is 34.0 Å². The molecule has 10 nitrogen and oxygen atoms in total. The van der Waals surface area contributed by atoms with E-state index in [1.807, 2.05) is 25.1 Å². The van der Waals surface area contributed by atoms with E-state index in [4.69, 9.17) is 42.9 Å². The molecular weight excluding hydrogens is 554 g/mol. The molecule has 0 bridgehead atoms. The maximum atomic E-state index is 11.3. The van der Waals surface area contributed by atoms with Gasteiger partial charge in [0.05, 0.1) is 36.7 Å². The van der Waals surface area contributed by atoms with Gasteiger partial charge < -0.3 is 30.7 Å². The summed E-state index contributed by atoms with van der Waals surface area (Å²) in [4.78, 5) is 25.8. The highest BCUT2D eigenvalue weighted by Crippen LogP contribution is 2.37. The number of hydrogen-bond donors (Lipinski definition) is 3. The van der Waals surface area contributed by atoms with Crippen LogP contribution < -0.4 is 11.5 Å². The largest absolute Gasteiger partial charge is 0.411 e. The van der Waals surface area contributed by atoms with E-state index >= 15 is 0 Å². The number of carbonyl (C=O) groups is 1. The lowest BCUT2D eigenvalue weighted by molar-refractivity contribution is 0.0190. The van der Waals surface area contributed by atoms with E-state index in [0.29, 0.717) is 41.3 Å². The number of halogens is 1. The summed E-state index contributed by atoms with van der Waals surface area (Å²) in [5.41, 5.74) is 13.4. The average Bonchev–Trinajstić information content (AvgIpc) is 3.29. The van der Waals surface area contributed by atoms with Crippen LogP contribution in [0.3, 0.4) is 0 Å². The molecule has 1 aromatic carbocycles. The van der Waals surface area contributed by atoms with E-state index < -0.39 is 12.0 Å². The predicted octanol–water partition coefficient (Wildman–Crippen LogP) is 5.16. The number of primary amides is 1. The summed E-state index contributed by atoms with van der Waals surface area (Å²) >= 11 is 6.43. The average molecular weight is 596 g/mol. The Labute approximate surface area is 253 Å². The molecule has 2 fully saturated rings. The second-order valence-corrected chi connectivity index (χ2v) is 11.4. The summed E-state index contributed by atoms with van der Waals surface area (Å²) < 4.78 is 10.6. The van der Waals surface area contributed by atoms with Crippen LogP contribution in [0.15, 0.2) is 65.3 Å². The zero-order chi connectivity index (χ0) is 30.2. The maximum Gasteiger partial charge on any atom is 0.411 e. The highest BCUT2D eigenvalue weighted by molar-refractivity contribution is 6.38. The number of hydrogen-bond acceptors (Lipinski definition) is 8. The molecular formula is C31H42ClN7O3. The van der Waals surface area contributed by atoms with Gasteiger partial charge in [-0.25, -0.2) is 14.8 Å². The SMILES string of the molecule is C=CCCC1COCCN1C1=NC(C)/C(=C(\N=C(N)C(=N)OC(N)=O)c2cccc(Cl)c2)N1CC1CCC(C=C)CC1. The van der Waals surface area contributed by atoms with Crippen LogP contribution in [0.2, 0.25) is 5.02 Å². The van der Waals surface area contributed by atoms with Crippen LogP contribution >= 0.6 is 11.6 Å². The summed E-state index contributed by atoms with van der Waals surface area (Å²) in [6, 6.07) is 7.20. The molecule has 4 rings (SSSR count). The van der Waals surface area contributed by atoms with Gasteiger partial charge in [0, 0.05) is 23.7 Å². The minimum Gasteiger partial charge on any atom is -0.388 e. The van der Waals surface area contributed by atoms with Crippen LogP contribution in [0, 0.1) is 17.2 Å². The fourth-order valence-corrected chi connectivity index (χ4v) is 6.12. The highest BCUT2D eigenvalue weighted by Gasteiger charge is 2.39.